The van der Waals surface area contributed by atoms with Gasteiger partial charge in [0, 0.05) is 5.02 Å². The minimum Gasteiger partial charge on any atom is -0.369 e. The van der Waals surface area contributed by atoms with Gasteiger partial charge in [-0.05, 0) is 30.7 Å². The predicted octanol–water partition coefficient (Wildman–Crippen LogP) is 1.68. The summed E-state index contributed by atoms with van der Waals surface area (Å²) >= 11 is 5.77. The second kappa shape index (κ2) is 6.05. The number of benzene rings is 1. The van der Waals surface area contributed by atoms with Crippen LogP contribution in [0.1, 0.15) is 5.56 Å². The predicted molar refractivity (Wildman–Crippen MR) is 70.2 cm³/mol. The molecule has 6 heteroatoms. The van der Waals surface area contributed by atoms with Gasteiger partial charge in [0.05, 0.1) is 5.69 Å². The normalized spacial score (nSPS) is 10.6. The number of nitrogens with two attached hydrogens (primary N) is 2. The fourth-order valence-electron chi connectivity index (χ4n) is 0.906. The molecule has 0 unspecified atom stereocenters. The summed E-state index contributed by atoms with van der Waals surface area (Å²) in [5.74, 6) is 5.24. The molecule has 0 amide bonds. The zero-order chi connectivity index (χ0) is 9.84. The first-order chi connectivity index (χ1) is 6.13. The van der Waals surface area contributed by atoms with E-state index in [2.05, 4.69) is 10.4 Å². The Morgan fingerprint density at radius 3 is 2.64 bits per heavy atom. The number of aliphatic imine (C=N–C) groups is 1. The molecule has 1 rings (SSSR count). The van der Waals surface area contributed by atoms with Crippen molar-refractivity contribution in [3.63, 3.8) is 0 Å². The monoisotopic (exact) mass is 326 g/mol. The molecular formula is C8H12ClIN4. The molecule has 0 radical (unpaired) electrons. The molecule has 0 aliphatic heterocycles. The highest BCUT2D eigenvalue weighted by atomic mass is 127. The van der Waals surface area contributed by atoms with Crippen LogP contribution in [0.4, 0.5) is 5.69 Å². The van der Waals surface area contributed by atoms with Gasteiger partial charge in [0.15, 0.2) is 0 Å². The lowest BCUT2D eigenvalue weighted by atomic mass is 10.2. The number of guanidine groups is 1. The van der Waals surface area contributed by atoms with Gasteiger partial charge in [-0.3, -0.25) is 5.43 Å². The van der Waals surface area contributed by atoms with E-state index in [1.54, 1.807) is 12.1 Å². The van der Waals surface area contributed by atoms with E-state index in [-0.39, 0.29) is 29.9 Å². The zero-order valence-electron chi connectivity index (χ0n) is 7.62. The van der Waals surface area contributed by atoms with Gasteiger partial charge >= 0.3 is 0 Å². The molecule has 14 heavy (non-hydrogen) atoms. The number of hydrazine groups is 1. The number of rotatable bonds is 1. The molecule has 0 bridgehead atoms. The van der Waals surface area contributed by atoms with Crippen molar-refractivity contribution in [1.29, 1.82) is 0 Å². The van der Waals surface area contributed by atoms with Crippen molar-refractivity contribution in [3.8, 4) is 0 Å². The van der Waals surface area contributed by atoms with Gasteiger partial charge in [-0.2, -0.15) is 0 Å². The maximum Gasteiger partial charge on any atom is 0.208 e. The summed E-state index contributed by atoms with van der Waals surface area (Å²) < 4.78 is 0. The van der Waals surface area contributed by atoms with Gasteiger partial charge < -0.3 is 5.73 Å². The van der Waals surface area contributed by atoms with E-state index in [0.29, 0.717) is 5.02 Å². The summed E-state index contributed by atoms with van der Waals surface area (Å²) in [5.41, 5.74) is 9.34. The third kappa shape index (κ3) is 3.69. The van der Waals surface area contributed by atoms with Crippen molar-refractivity contribution in [1.82, 2.24) is 5.43 Å². The Labute approximate surface area is 105 Å². The van der Waals surface area contributed by atoms with Gasteiger partial charge in [-0.1, -0.05) is 11.6 Å². The standard InChI is InChI=1S/C8H11ClN4.HI/c1-5-4-6(9)2-3-7(5)12-8(10)13-11;/h2-4H,11H2,1H3,(H3,10,12,13);1H. The van der Waals surface area contributed by atoms with Crippen molar-refractivity contribution in [2.75, 3.05) is 0 Å². The lowest BCUT2D eigenvalue weighted by Gasteiger charge is -2.02. The van der Waals surface area contributed by atoms with Crippen molar-refractivity contribution >= 4 is 47.2 Å². The molecule has 0 atom stereocenters. The highest BCUT2D eigenvalue weighted by Gasteiger charge is 1.97. The number of nitrogens with zero attached hydrogens (tertiary/aromatic N) is 1. The van der Waals surface area contributed by atoms with Crippen LogP contribution in [0.3, 0.4) is 0 Å². The molecule has 0 saturated carbocycles. The van der Waals surface area contributed by atoms with E-state index in [9.17, 15) is 0 Å². The largest absolute Gasteiger partial charge is 0.369 e. The Balaban J connectivity index is 0.00000169. The van der Waals surface area contributed by atoms with Crippen molar-refractivity contribution in [2.45, 2.75) is 6.92 Å². The van der Waals surface area contributed by atoms with Gasteiger partial charge in [0.1, 0.15) is 0 Å². The van der Waals surface area contributed by atoms with E-state index < -0.39 is 0 Å². The third-order valence-corrected chi connectivity index (χ3v) is 1.78. The van der Waals surface area contributed by atoms with Crippen LogP contribution in [0.15, 0.2) is 23.2 Å². The fourth-order valence-corrected chi connectivity index (χ4v) is 1.13. The number of aryl methyl sites for hydroxylation is 1. The van der Waals surface area contributed by atoms with Crippen LogP contribution in [0.5, 0.6) is 0 Å². The first kappa shape index (κ1) is 13.5. The minimum atomic E-state index is 0. The van der Waals surface area contributed by atoms with Gasteiger partial charge in [-0.15, -0.1) is 24.0 Å². The summed E-state index contributed by atoms with van der Waals surface area (Å²) in [6.45, 7) is 1.90. The molecule has 0 spiro atoms. The van der Waals surface area contributed by atoms with Crippen molar-refractivity contribution in [2.24, 2.45) is 16.6 Å². The zero-order valence-corrected chi connectivity index (χ0v) is 10.7. The van der Waals surface area contributed by atoms with Crippen LogP contribution in [0, 0.1) is 6.92 Å². The molecule has 1 aromatic rings. The van der Waals surface area contributed by atoms with Gasteiger partial charge in [0.25, 0.3) is 0 Å². The molecule has 78 valence electrons. The second-order valence-corrected chi connectivity index (χ2v) is 3.01. The average Bonchev–Trinajstić information content (AvgIpc) is 2.09. The smallest absolute Gasteiger partial charge is 0.208 e. The molecule has 0 aromatic heterocycles. The summed E-state index contributed by atoms with van der Waals surface area (Å²) in [6.07, 6.45) is 0. The molecule has 0 saturated heterocycles. The molecule has 5 N–H and O–H groups in total. The quantitative estimate of drug-likeness (QED) is 0.242. The molecule has 4 nitrogen and oxygen atoms in total. The number of hydrogen-bond donors (Lipinski definition) is 3. The van der Waals surface area contributed by atoms with Crippen LogP contribution >= 0.6 is 35.6 Å². The lowest BCUT2D eigenvalue weighted by molar-refractivity contribution is 1.01. The van der Waals surface area contributed by atoms with E-state index in [0.717, 1.165) is 11.3 Å². The summed E-state index contributed by atoms with van der Waals surface area (Å²) in [4.78, 5) is 4.02. The maximum absolute atomic E-state index is 5.77. The summed E-state index contributed by atoms with van der Waals surface area (Å²) in [7, 11) is 0. The average molecular weight is 327 g/mol. The van der Waals surface area contributed by atoms with Crippen LogP contribution in [0.25, 0.3) is 0 Å². The highest BCUT2D eigenvalue weighted by molar-refractivity contribution is 14.0. The Morgan fingerprint density at radius 2 is 2.14 bits per heavy atom. The SMILES string of the molecule is Cc1cc(Cl)ccc1N=C(N)NN.I. The lowest BCUT2D eigenvalue weighted by Crippen LogP contribution is -2.36. The number of nitrogens with one attached hydrogen (secondary N) is 1. The van der Waals surface area contributed by atoms with Crippen molar-refractivity contribution in [3.05, 3.63) is 28.8 Å². The highest BCUT2D eigenvalue weighted by Crippen LogP contribution is 2.21. The van der Waals surface area contributed by atoms with E-state index in [1.807, 2.05) is 13.0 Å². The topological polar surface area (TPSA) is 76.4 Å². The van der Waals surface area contributed by atoms with Crippen LogP contribution in [-0.2, 0) is 0 Å². The third-order valence-electron chi connectivity index (χ3n) is 1.55. The van der Waals surface area contributed by atoms with E-state index >= 15 is 0 Å². The Kier molecular flexibility index (Phi) is 5.82. The first-order valence-electron chi connectivity index (χ1n) is 3.70. The Morgan fingerprint density at radius 1 is 1.50 bits per heavy atom. The molecule has 0 aliphatic carbocycles. The fraction of sp³-hybridized carbons (Fsp3) is 0.125. The van der Waals surface area contributed by atoms with Gasteiger partial charge in [0.2, 0.25) is 5.96 Å². The molecule has 1 aromatic carbocycles. The molecule has 0 heterocycles. The number of hydrogen-bond acceptors (Lipinski definition) is 2. The molecular weight excluding hydrogens is 314 g/mol. The first-order valence-corrected chi connectivity index (χ1v) is 4.08. The van der Waals surface area contributed by atoms with E-state index in [1.165, 1.54) is 0 Å². The summed E-state index contributed by atoms with van der Waals surface area (Å²) in [6, 6.07) is 5.34. The minimum absolute atomic E-state index is 0. The van der Waals surface area contributed by atoms with Gasteiger partial charge in [-0.25, -0.2) is 10.8 Å². The second-order valence-electron chi connectivity index (χ2n) is 2.57. The Bertz CT molecular complexity index is 340. The number of halogens is 2. The molecule has 0 fully saturated rings. The van der Waals surface area contributed by atoms with Crippen LogP contribution in [0.2, 0.25) is 5.02 Å². The maximum atomic E-state index is 5.77. The van der Waals surface area contributed by atoms with E-state index in [4.69, 9.17) is 23.2 Å². The Hall–Kier alpha value is -0.530. The van der Waals surface area contributed by atoms with Crippen LogP contribution in [-0.4, -0.2) is 5.96 Å². The van der Waals surface area contributed by atoms with Crippen molar-refractivity contribution < 1.29 is 0 Å². The summed E-state index contributed by atoms with van der Waals surface area (Å²) in [5, 5.41) is 0.677. The van der Waals surface area contributed by atoms with Crippen LogP contribution < -0.4 is 17.0 Å². The molecule has 0 aliphatic rings.